The zero-order valence-corrected chi connectivity index (χ0v) is 15.4. The number of benzene rings is 2. The number of phenols is 1. The molecule has 6 nitrogen and oxygen atoms in total. The molecule has 2 heterocycles. The molecule has 136 valence electrons. The Balaban J connectivity index is 1.76. The van der Waals surface area contributed by atoms with Crippen molar-refractivity contribution < 1.29 is 14.7 Å². The van der Waals surface area contributed by atoms with E-state index in [9.17, 15) is 14.7 Å². The van der Waals surface area contributed by atoms with Gasteiger partial charge in [0.15, 0.2) is 5.13 Å². The highest BCUT2D eigenvalue weighted by atomic mass is 32.1. The standard InChI is InChI=1S/C20H17N3O3S/c1-12-6-7-16(24)15(10-12)17(18(25)22-20-21-8-9-27-20)23-11-13-4-2-3-5-14(13)19(23)26/h2-10,17,24H,11H2,1H3,(H,21,22,25). The first-order valence-electron chi connectivity index (χ1n) is 8.43. The normalized spacial score (nSPS) is 14.1. The van der Waals surface area contributed by atoms with E-state index in [1.165, 1.54) is 16.2 Å². The third-order valence-electron chi connectivity index (χ3n) is 4.55. The first kappa shape index (κ1) is 17.2. The molecule has 3 aromatic rings. The van der Waals surface area contributed by atoms with Crippen LogP contribution in [-0.4, -0.2) is 26.8 Å². The van der Waals surface area contributed by atoms with Crippen LogP contribution in [0.4, 0.5) is 5.13 Å². The van der Waals surface area contributed by atoms with Crippen molar-refractivity contribution in [1.82, 2.24) is 9.88 Å². The van der Waals surface area contributed by atoms with Crippen LogP contribution in [0.2, 0.25) is 0 Å². The number of hydrogen-bond donors (Lipinski definition) is 2. The highest BCUT2D eigenvalue weighted by Crippen LogP contribution is 2.36. The van der Waals surface area contributed by atoms with Gasteiger partial charge in [-0.2, -0.15) is 0 Å². The molecular formula is C20H17N3O3S. The van der Waals surface area contributed by atoms with E-state index in [1.54, 1.807) is 41.9 Å². The lowest BCUT2D eigenvalue weighted by Crippen LogP contribution is -2.37. The predicted molar refractivity (Wildman–Crippen MR) is 103 cm³/mol. The topological polar surface area (TPSA) is 82.5 Å². The molecule has 1 aliphatic heterocycles. The van der Waals surface area contributed by atoms with Gasteiger partial charge in [0.1, 0.15) is 11.8 Å². The number of rotatable bonds is 4. The summed E-state index contributed by atoms with van der Waals surface area (Å²) in [4.78, 5) is 31.6. The van der Waals surface area contributed by atoms with Crippen LogP contribution in [0, 0.1) is 6.92 Å². The lowest BCUT2D eigenvalue weighted by atomic mass is 10.0. The third-order valence-corrected chi connectivity index (χ3v) is 5.24. The summed E-state index contributed by atoms with van der Waals surface area (Å²) < 4.78 is 0. The van der Waals surface area contributed by atoms with E-state index in [1.807, 2.05) is 19.1 Å². The van der Waals surface area contributed by atoms with Crippen LogP contribution < -0.4 is 5.32 Å². The van der Waals surface area contributed by atoms with Crippen LogP contribution in [0.15, 0.2) is 54.0 Å². The molecule has 27 heavy (non-hydrogen) atoms. The zero-order valence-electron chi connectivity index (χ0n) is 14.5. The Labute approximate surface area is 160 Å². The molecule has 1 aliphatic rings. The fraction of sp³-hybridized carbons (Fsp3) is 0.150. The van der Waals surface area contributed by atoms with Crippen LogP contribution in [0.3, 0.4) is 0 Å². The van der Waals surface area contributed by atoms with E-state index in [4.69, 9.17) is 0 Å². The molecule has 7 heteroatoms. The van der Waals surface area contributed by atoms with Gasteiger partial charge in [0.2, 0.25) is 0 Å². The summed E-state index contributed by atoms with van der Waals surface area (Å²) in [6.07, 6.45) is 1.59. The first-order chi connectivity index (χ1) is 13.0. The number of phenolic OH excluding ortho intramolecular Hbond substituents is 1. The number of aromatic nitrogens is 1. The van der Waals surface area contributed by atoms with E-state index in [0.717, 1.165) is 11.1 Å². The minimum absolute atomic E-state index is 0.0244. The summed E-state index contributed by atoms with van der Waals surface area (Å²) in [7, 11) is 0. The molecule has 0 fully saturated rings. The molecule has 0 radical (unpaired) electrons. The average Bonchev–Trinajstić information content (AvgIpc) is 3.27. The summed E-state index contributed by atoms with van der Waals surface area (Å²) in [5.41, 5.74) is 2.72. The minimum Gasteiger partial charge on any atom is -0.508 e. The van der Waals surface area contributed by atoms with Crippen molar-refractivity contribution >= 4 is 28.3 Å². The molecule has 1 unspecified atom stereocenters. The average molecular weight is 379 g/mol. The number of hydrogen-bond acceptors (Lipinski definition) is 5. The number of carbonyl (C=O) groups is 2. The molecule has 2 amide bonds. The molecule has 0 saturated heterocycles. The number of amides is 2. The fourth-order valence-corrected chi connectivity index (χ4v) is 3.82. The number of thiazole rings is 1. The Morgan fingerprint density at radius 1 is 1.30 bits per heavy atom. The maximum absolute atomic E-state index is 13.1. The summed E-state index contributed by atoms with van der Waals surface area (Å²) in [5.74, 6) is -0.665. The summed E-state index contributed by atoms with van der Waals surface area (Å²) >= 11 is 1.29. The van der Waals surface area contributed by atoms with Gasteiger partial charge in [-0.05, 0) is 30.7 Å². The van der Waals surface area contributed by atoms with Gasteiger partial charge in [-0.15, -0.1) is 11.3 Å². The third kappa shape index (κ3) is 3.17. The van der Waals surface area contributed by atoms with Crippen LogP contribution in [0.1, 0.15) is 33.1 Å². The number of aromatic hydroxyl groups is 1. The second-order valence-corrected chi connectivity index (χ2v) is 7.28. The summed E-state index contributed by atoms with van der Waals surface area (Å²) in [6.45, 7) is 2.18. The predicted octanol–water partition coefficient (Wildman–Crippen LogP) is 3.49. The van der Waals surface area contributed by atoms with Crippen molar-refractivity contribution in [2.45, 2.75) is 19.5 Å². The van der Waals surface area contributed by atoms with E-state index < -0.39 is 11.9 Å². The highest BCUT2D eigenvalue weighted by Gasteiger charge is 2.38. The van der Waals surface area contributed by atoms with Crippen molar-refractivity contribution in [3.05, 3.63) is 76.3 Å². The van der Waals surface area contributed by atoms with Crippen LogP contribution in [-0.2, 0) is 11.3 Å². The highest BCUT2D eigenvalue weighted by molar-refractivity contribution is 7.13. The van der Waals surface area contributed by atoms with Crippen molar-refractivity contribution in [1.29, 1.82) is 0 Å². The maximum Gasteiger partial charge on any atom is 0.255 e. The molecule has 0 bridgehead atoms. The molecule has 2 aromatic carbocycles. The van der Waals surface area contributed by atoms with Gasteiger partial charge in [0.25, 0.3) is 11.8 Å². The van der Waals surface area contributed by atoms with Gasteiger partial charge in [-0.1, -0.05) is 29.8 Å². The molecule has 0 aliphatic carbocycles. The molecule has 1 atom stereocenters. The van der Waals surface area contributed by atoms with E-state index in [2.05, 4.69) is 10.3 Å². The van der Waals surface area contributed by atoms with Crippen molar-refractivity contribution in [2.24, 2.45) is 0 Å². The van der Waals surface area contributed by atoms with Gasteiger partial charge in [0.05, 0.1) is 0 Å². The maximum atomic E-state index is 13.1. The number of nitrogens with zero attached hydrogens (tertiary/aromatic N) is 2. The number of nitrogens with one attached hydrogen (secondary N) is 1. The monoisotopic (exact) mass is 379 g/mol. The van der Waals surface area contributed by atoms with Crippen LogP contribution in [0.5, 0.6) is 5.75 Å². The van der Waals surface area contributed by atoms with Crippen molar-refractivity contribution in [3.63, 3.8) is 0 Å². The summed E-state index contributed by atoms with van der Waals surface area (Å²) in [5, 5.41) is 15.4. The molecule has 0 spiro atoms. The quantitative estimate of drug-likeness (QED) is 0.727. The van der Waals surface area contributed by atoms with Gasteiger partial charge in [0, 0.05) is 29.2 Å². The second kappa shape index (κ2) is 6.85. The largest absolute Gasteiger partial charge is 0.508 e. The lowest BCUT2D eigenvalue weighted by Gasteiger charge is -2.27. The van der Waals surface area contributed by atoms with Crippen LogP contribution in [0.25, 0.3) is 0 Å². The number of carbonyl (C=O) groups excluding carboxylic acids is 2. The lowest BCUT2D eigenvalue weighted by molar-refractivity contribution is -0.120. The molecule has 4 rings (SSSR count). The number of aryl methyl sites for hydroxylation is 1. The molecule has 2 N–H and O–H groups in total. The molecular weight excluding hydrogens is 362 g/mol. The van der Waals surface area contributed by atoms with E-state index in [0.29, 0.717) is 22.8 Å². The number of anilines is 1. The van der Waals surface area contributed by atoms with Gasteiger partial charge in [-0.25, -0.2) is 4.98 Å². The Hall–Kier alpha value is -3.19. The first-order valence-corrected chi connectivity index (χ1v) is 9.31. The van der Waals surface area contributed by atoms with Gasteiger partial charge >= 0.3 is 0 Å². The molecule has 0 saturated carbocycles. The SMILES string of the molecule is Cc1ccc(O)c(C(C(=O)Nc2nccs2)N2Cc3ccccc3C2=O)c1. The van der Waals surface area contributed by atoms with Crippen molar-refractivity contribution in [2.75, 3.05) is 5.32 Å². The molecule has 1 aromatic heterocycles. The second-order valence-electron chi connectivity index (χ2n) is 6.38. The van der Waals surface area contributed by atoms with Crippen molar-refractivity contribution in [3.8, 4) is 5.75 Å². The van der Waals surface area contributed by atoms with Gasteiger partial charge in [-0.3, -0.25) is 14.9 Å². The van der Waals surface area contributed by atoms with E-state index >= 15 is 0 Å². The number of fused-ring (bicyclic) bond motifs is 1. The Bertz CT molecular complexity index is 1020. The Morgan fingerprint density at radius 3 is 2.85 bits per heavy atom. The zero-order chi connectivity index (χ0) is 19.0. The van der Waals surface area contributed by atoms with E-state index in [-0.39, 0.29) is 11.7 Å². The Kier molecular flexibility index (Phi) is 4.37. The smallest absolute Gasteiger partial charge is 0.255 e. The summed E-state index contributed by atoms with van der Waals surface area (Å²) in [6, 6.07) is 11.4. The van der Waals surface area contributed by atoms with Gasteiger partial charge < -0.3 is 10.0 Å². The minimum atomic E-state index is -0.964. The van der Waals surface area contributed by atoms with Crippen LogP contribution >= 0.6 is 11.3 Å². The Morgan fingerprint density at radius 2 is 2.11 bits per heavy atom. The fourth-order valence-electron chi connectivity index (χ4n) is 3.29.